The Morgan fingerprint density at radius 1 is 1.06 bits per heavy atom. The van der Waals surface area contributed by atoms with Gasteiger partial charge < -0.3 is 9.80 Å². The Hall–Kier alpha value is -3.41. The van der Waals surface area contributed by atoms with Crippen molar-refractivity contribution in [2.24, 2.45) is 7.05 Å². The summed E-state index contributed by atoms with van der Waals surface area (Å²) in [5.74, 6) is -0.241. The topological polar surface area (TPSA) is 58.4 Å². The number of piperazine rings is 1. The maximum Gasteiger partial charge on any atom is 0.275 e. The summed E-state index contributed by atoms with van der Waals surface area (Å²) in [6, 6.07) is 19.9. The van der Waals surface area contributed by atoms with Crippen molar-refractivity contribution in [3.8, 4) is 11.1 Å². The van der Waals surface area contributed by atoms with E-state index in [1.807, 2.05) is 35.2 Å². The molecule has 0 bridgehead atoms. The maximum absolute atomic E-state index is 13.1. The van der Waals surface area contributed by atoms with Crippen LogP contribution < -0.4 is 4.90 Å². The van der Waals surface area contributed by atoms with Crippen LogP contribution in [0.3, 0.4) is 0 Å². The van der Waals surface area contributed by atoms with Gasteiger partial charge >= 0.3 is 0 Å². The van der Waals surface area contributed by atoms with E-state index in [-0.39, 0.29) is 24.4 Å². The molecule has 0 saturated carbocycles. The number of benzene rings is 2. The zero-order chi connectivity index (χ0) is 21.8. The van der Waals surface area contributed by atoms with Gasteiger partial charge in [-0.3, -0.25) is 14.3 Å². The number of hydrogen-bond acceptors (Lipinski definition) is 3. The molecule has 2 amide bonds. The van der Waals surface area contributed by atoms with E-state index >= 15 is 0 Å². The van der Waals surface area contributed by atoms with Gasteiger partial charge in [-0.1, -0.05) is 62.2 Å². The van der Waals surface area contributed by atoms with Gasteiger partial charge in [0, 0.05) is 25.5 Å². The zero-order valence-electron chi connectivity index (χ0n) is 18.1. The average Bonchev–Trinajstić information content (AvgIpc) is 3.24. The first-order valence-electron chi connectivity index (χ1n) is 10.8. The third-order valence-electron chi connectivity index (χ3n) is 5.79. The minimum absolute atomic E-state index is 0.0347. The lowest BCUT2D eigenvalue weighted by Gasteiger charge is -2.41. The molecule has 3 aromatic rings. The van der Waals surface area contributed by atoms with Crippen LogP contribution in [-0.4, -0.2) is 45.6 Å². The van der Waals surface area contributed by atoms with Gasteiger partial charge in [0.1, 0.15) is 12.2 Å². The van der Waals surface area contributed by atoms with E-state index in [0.29, 0.717) is 12.2 Å². The highest BCUT2D eigenvalue weighted by Crippen LogP contribution is 2.28. The lowest BCUT2D eigenvalue weighted by Crippen LogP contribution is -2.58. The molecule has 0 N–H and O–H groups in total. The number of rotatable bonds is 6. The number of carbonyl (C=O) groups is 2. The van der Waals surface area contributed by atoms with Crippen LogP contribution in [0.15, 0.2) is 66.9 Å². The van der Waals surface area contributed by atoms with Gasteiger partial charge in [-0.05, 0) is 35.7 Å². The first-order valence-corrected chi connectivity index (χ1v) is 10.8. The molecular formula is C25H28N4O2. The highest BCUT2D eigenvalue weighted by Gasteiger charge is 2.36. The van der Waals surface area contributed by atoms with Crippen LogP contribution in [0.2, 0.25) is 0 Å². The molecule has 6 nitrogen and oxygen atoms in total. The van der Waals surface area contributed by atoms with Crippen LogP contribution >= 0.6 is 0 Å². The molecule has 2 aromatic carbocycles. The summed E-state index contributed by atoms with van der Waals surface area (Å²) >= 11 is 0. The molecule has 2 heterocycles. The molecule has 6 heteroatoms. The van der Waals surface area contributed by atoms with Gasteiger partial charge in [-0.15, -0.1) is 0 Å². The summed E-state index contributed by atoms with van der Waals surface area (Å²) in [5, 5.41) is 4.25. The molecule has 0 spiro atoms. The molecule has 1 aliphatic rings. The van der Waals surface area contributed by atoms with E-state index in [2.05, 4.69) is 36.3 Å². The van der Waals surface area contributed by atoms with E-state index in [9.17, 15) is 9.59 Å². The fourth-order valence-corrected chi connectivity index (χ4v) is 4.11. The Labute approximate surface area is 183 Å². The fourth-order valence-electron chi connectivity index (χ4n) is 4.11. The summed E-state index contributed by atoms with van der Waals surface area (Å²) in [7, 11) is 1.79. The molecule has 1 fully saturated rings. The number of unbranched alkanes of at least 4 members (excludes halogenated alkanes) is 1. The van der Waals surface area contributed by atoms with Crippen LogP contribution in [0.5, 0.6) is 0 Å². The maximum atomic E-state index is 13.1. The van der Waals surface area contributed by atoms with Gasteiger partial charge in [-0.2, -0.15) is 5.10 Å². The predicted octanol–water partition coefficient (Wildman–Crippen LogP) is 4.13. The summed E-state index contributed by atoms with van der Waals surface area (Å²) in [6.45, 7) is 2.70. The summed E-state index contributed by atoms with van der Waals surface area (Å²) < 4.78 is 1.61. The molecule has 31 heavy (non-hydrogen) atoms. The van der Waals surface area contributed by atoms with Crippen molar-refractivity contribution in [1.82, 2.24) is 14.7 Å². The second kappa shape index (κ2) is 9.16. The number of hydrogen-bond donors (Lipinski definition) is 0. The van der Waals surface area contributed by atoms with E-state index in [1.54, 1.807) is 28.9 Å². The minimum Gasteiger partial charge on any atom is -0.323 e. The quantitative estimate of drug-likeness (QED) is 0.607. The molecule has 1 saturated heterocycles. The van der Waals surface area contributed by atoms with E-state index in [4.69, 9.17) is 0 Å². The average molecular weight is 417 g/mol. The molecule has 1 aliphatic heterocycles. The SMILES string of the molecule is CCCC[C@H]1CN(c2cccc(-c3ccccc3)c2)C(=O)CN1C(=O)c1ccn(C)n1. The molecule has 1 aromatic heterocycles. The highest BCUT2D eigenvalue weighted by atomic mass is 16.2. The van der Waals surface area contributed by atoms with Crippen LogP contribution in [0.25, 0.3) is 11.1 Å². The molecule has 0 unspecified atom stereocenters. The lowest BCUT2D eigenvalue weighted by atomic mass is 10.0. The van der Waals surface area contributed by atoms with Crippen LogP contribution in [0, 0.1) is 0 Å². The Morgan fingerprint density at radius 2 is 1.84 bits per heavy atom. The lowest BCUT2D eigenvalue weighted by molar-refractivity contribution is -0.121. The third kappa shape index (κ3) is 4.53. The zero-order valence-corrected chi connectivity index (χ0v) is 18.1. The van der Waals surface area contributed by atoms with Crippen LogP contribution in [0.4, 0.5) is 5.69 Å². The normalized spacial score (nSPS) is 16.6. The molecule has 0 aliphatic carbocycles. The van der Waals surface area contributed by atoms with Crippen molar-refractivity contribution < 1.29 is 9.59 Å². The molecule has 1 atom stereocenters. The number of carbonyl (C=O) groups excluding carboxylic acids is 2. The van der Waals surface area contributed by atoms with Crippen molar-refractivity contribution in [3.05, 3.63) is 72.6 Å². The van der Waals surface area contributed by atoms with Gasteiger partial charge in [0.15, 0.2) is 0 Å². The standard InChI is InChI=1S/C25H28N4O2/c1-3-4-12-22-17-28(21-13-8-11-20(16-21)19-9-6-5-7-10-19)24(30)18-29(22)25(31)23-14-15-27(2)26-23/h5-11,13-16,22H,3-4,12,17-18H2,1-2H3/t22-/m0/s1. The van der Waals surface area contributed by atoms with E-state index in [1.165, 1.54) is 0 Å². The summed E-state index contributed by atoms with van der Waals surface area (Å²) in [6.07, 6.45) is 4.65. The number of nitrogens with zero attached hydrogens (tertiary/aromatic N) is 4. The van der Waals surface area contributed by atoms with E-state index < -0.39 is 0 Å². The predicted molar refractivity (Wildman–Crippen MR) is 122 cm³/mol. The molecular weight excluding hydrogens is 388 g/mol. The van der Waals surface area contributed by atoms with Gasteiger partial charge in [-0.25, -0.2) is 0 Å². The number of anilines is 1. The molecule has 0 radical (unpaired) electrons. The van der Waals surface area contributed by atoms with Crippen LogP contribution in [0.1, 0.15) is 36.7 Å². The molecule has 160 valence electrons. The largest absolute Gasteiger partial charge is 0.323 e. The molecule has 4 rings (SSSR count). The third-order valence-corrected chi connectivity index (χ3v) is 5.79. The van der Waals surface area contributed by atoms with Crippen molar-refractivity contribution >= 4 is 17.5 Å². The number of aromatic nitrogens is 2. The van der Waals surface area contributed by atoms with Crippen molar-refractivity contribution in [2.75, 3.05) is 18.0 Å². The van der Waals surface area contributed by atoms with Crippen LogP contribution in [-0.2, 0) is 11.8 Å². The smallest absolute Gasteiger partial charge is 0.275 e. The Morgan fingerprint density at radius 3 is 2.55 bits per heavy atom. The fraction of sp³-hybridized carbons (Fsp3) is 0.320. The van der Waals surface area contributed by atoms with Crippen molar-refractivity contribution in [1.29, 1.82) is 0 Å². The Bertz CT molecular complexity index is 1060. The van der Waals surface area contributed by atoms with E-state index in [0.717, 1.165) is 36.1 Å². The monoisotopic (exact) mass is 416 g/mol. The number of aryl methyl sites for hydroxylation is 1. The van der Waals surface area contributed by atoms with Gasteiger partial charge in [0.2, 0.25) is 5.91 Å². The van der Waals surface area contributed by atoms with Crippen molar-refractivity contribution in [2.45, 2.75) is 32.2 Å². The summed E-state index contributed by atoms with van der Waals surface area (Å²) in [4.78, 5) is 29.7. The Balaban J connectivity index is 1.60. The second-order valence-corrected chi connectivity index (χ2v) is 8.02. The minimum atomic E-state index is -0.173. The second-order valence-electron chi connectivity index (χ2n) is 8.02. The van der Waals surface area contributed by atoms with Crippen molar-refractivity contribution in [3.63, 3.8) is 0 Å². The summed E-state index contributed by atoms with van der Waals surface area (Å²) in [5.41, 5.74) is 3.44. The Kier molecular flexibility index (Phi) is 6.16. The van der Waals surface area contributed by atoms with Gasteiger partial charge in [0.05, 0.1) is 6.04 Å². The first kappa shape index (κ1) is 20.8. The highest BCUT2D eigenvalue weighted by molar-refractivity contribution is 6.01. The van der Waals surface area contributed by atoms with Gasteiger partial charge in [0.25, 0.3) is 5.91 Å². The number of amides is 2. The first-order chi connectivity index (χ1) is 15.1.